The normalized spacial score (nSPS) is 18.2. The Kier molecular flexibility index (Phi) is 4.78. The Morgan fingerprint density at radius 1 is 1.27 bits per heavy atom. The summed E-state index contributed by atoms with van der Waals surface area (Å²) in [5.74, 6) is 0.862. The van der Waals surface area contributed by atoms with Crippen LogP contribution < -0.4 is 19.7 Å². The number of halogens is 1. The number of alkyl halides is 1. The Labute approximate surface area is 130 Å². The number of anilines is 1. The minimum absolute atomic E-state index is 0.0558. The van der Waals surface area contributed by atoms with Gasteiger partial charge < -0.3 is 19.7 Å². The summed E-state index contributed by atoms with van der Waals surface area (Å²) in [7, 11) is 3.21. The number of amides is 1. The molecule has 1 fully saturated rings. The predicted molar refractivity (Wildman–Crippen MR) is 83.5 cm³/mol. The molecule has 0 spiro atoms. The van der Waals surface area contributed by atoms with Gasteiger partial charge in [0.15, 0.2) is 5.67 Å². The highest BCUT2D eigenvalue weighted by molar-refractivity contribution is 5.84. The van der Waals surface area contributed by atoms with Crippen molar-refractivity contribution in [1.29, 1.82) is 0 Å². The van der Waals surface area contributed by atoms with Crippen molar-refractivity contribution in [1.82, 2.24) is 5.32 Å². The van der Waals surface area contributed by atoms with Crippen LogP contribution in [-0.2, 0) is 4.79 Å². The number of ether oxygens (including phenoxy) is 2. The van der Waals surface area contributed by atoms with E-state index in [1.54, 1.807) is 14.2 Å². The second kappa shape index (κ2) is 6.42. The third-order valence-electron chi connectivity index (χ3n) is 3.76. The molecular weight excluding hydrogens is 287 g/mol. The highest BCUT2D eigenvalue weighted by Gasteiger charge is 2.31. The number of carbonyl (C=O) groups is 1. The Morgan fingerprint density at radius 3 is 2.36 bits per heavy atom. The van der Waals surface area contributed by atoms with E-state index >= 15 is 0 Å². The lowest BCUT2D eigenvalue weighted by molar-refractivity contribution is -0.131. The molecule has 1 aromatic carbocycles. The summed E-state index contributed by atoms with van der Waals surface area (Å²) in [5.41, 5.74) is -0.889. The van der Waals surface area contributed by atoms with E-state index in [0.717, 1.165) is 18.7 Å². The number of carbonyl (C=O) groups excluding carboxylic acids is 1. The number of hydrogen-bond donors (Lipinski definition) is 1. The van der Waals surface area contributed by atoms with Gasteiger partial charge in [-0.05, 0) is 20.3 Å². The van der Waals surface area contributed by atoms with E-state index in [2.05, 4.69) is 10.2 Å². The number of benzene rings is 1. The fourth-order valence-electron chi connectivity index (χ4n) is 2.44. The third kappa shape index (κ3) is 3.81. The van der Waals surface area contributed by atoms with Crippen LogP contribution >= 0.6 is 0 Å². The lowest BCUT2D eigenvalue weighted by Gasteiger charge is -2.22. The van der Waals surface area contributed by atoms with Gasteiger partial charge >= 0.3 is 0 Å². The van der Waals surface area contributed by atoms with Gasteiger partial charge in [0.25, 0.3) is 5.91 Å². The maximum Gasteiger partial charge on any atom is 0.257 e. The quantitative estimate of drug-likeness (QED) is 0.905. The SMILES string of the molecule is COc1cc(OC)cc(N2CC[C@@H](NC(=O)C(C)(C)F)C2)c1. The molecule has 1 aliphatic heterocycles. The number of methoxy groups -OCH3 is 2. The number of hydrogen-bond acceptors (Lipinski definition) is 4. The van der Waals surface area contributed by atoms with Crippen molar-refractivity contribution in [2.24, 2.45) is 0 Å². The summed E-state index contributed by atoms with van der Waals surface area (Å²) in [6, 6.07) is 5.60. The van der Waals surface area contributed by atoms with Crippen molar-refractivity contribution in [2.75, 3.05) is 32.2 Å². The van der Waals surface area contributed by atoms with Crippen LogP contribution in [-0.4, -0.2) is 44.9 Å². The molecule has 1 N–H and O–H groups in total. The van der Waals surface area contributed by atoms with E-state index < -0.39 is 11.6 Å². The molecule has 1 aliphatic rings. The molecule has 2 rings (SSSR count). The van der Waals surface area contributed by atoms with Crippen molar-refractivity contribution in [3.05, 3.63) is 18.2 Å². The zero-order valence-corrected chi connectivity index (χ0v) is 13.5. The summed E-state index contributed by atoms with van der Waals surface area (Å²) < 4.78 is 24.1. The maximum absolute atomic E-state index is 13.6. The molecule has 1 amide bonds. The van der Waals surface area contributed by atoms with E-state index in [1.807, 2.05) is 18.2 Å². The molecule has 0 aromatic heterocycles. The van der Waals surface area contributed by atoms with Gasteiger partial charge in [-0.25, -0.2) is 4.39 Å². The highest BCUT2D eigenvalue weighted by atomic mass is 19.1. The monoisotopic (exact) mass is 310 g/mol. The molecule has 0 saturated carbocycles. The van der Waals surface area contributed by atoms with Crippen molar-refractivity contribution < 1.29 is 18.7 Å². The van der Waals surface area contributed by atoms with Crippen LogP contribution in [0.1, 0.15) is 20.3 Å². The standard InChI is InChI=1S/C16H23FN2O3/c1-16(2,17)15(20)18-11-5-6-19(10-11)12-7-13(21-3)9-14(8-12)22-4/h7-9,11H,5-6,10H2,1-4H3,(H,18,20)/t11-/m1/s1. The molecule has 1 saturated heterocycles. The Bertz CT molecular complexity index is 520. The van der Waals surface area contributed by atoms with Crippen molar-refractivity contribution in [3.63, 3.8) is 0 Å². The van der Waals surface area contributed by atoms with Crippen LogP contribution in [0.15, 0.2) is 18.2 Å². The van der Waals surface area contributed by atoms with Gasteiger partial charge in [-0.2, -0.15) is 0 Å². The minimum Gasteiger partial charge on any atom is -0.497 e. The van der Waals surface area contributed by atoms with Gasteiger partial charge in [-0.15, -0.1) is 0 Å². The predicted octanol–water partition coefficient (Wildman–Crippen LogP) is 2.15. The molecule has 1 aromatic rings. The molecule has 5 nitrogen and oxygen atoms in total. The molecule has 0 bridgehead atoms. The molecular formula is C16H23FN2O3. The molecule has 0 radical (unpaired) electrons. The first-order chi connectivity index (χ1) is 10.3. The van der Waals surface area contributed by atoms with Crippen LogP contribution in [0.25, 0.3) is 0 Å². The molecule has 122 valence electrons. The van der Waals surface area contributed by atoms with Gasteiger partial charge in [0.1, 0.15) is 11.5 Å². The van der Waals surface area contributed by atoms with E-state index in [4.69, 9.17) is 9.47 Å². The smallest absolute Gasteiger partial charge is 0.257 e. The first-order valence-corrected chi connectivity index (χ1v) is 7.31. The summed E-state index contributed by atoms with van der Waals surface area (Å²) in [5, 5.41) is 2.76. The van der Waals surface area contributed by atoms with E-state index in [1.165, 1.54) is 13.8 Å². The van der Waals surface area contributed by atoms with Gasteiger partial charge in [0, 0.05) is 43.0 Å². The second-order valence-electron chi connectivity index (χ2n) is 5.95. The summed E-state index contributed by atoms with van der Waals surface area (Å²) >= 11 is 0. The van der Waals surface area contributed by atoms with Gasteiger partial charge in [0.2, 0.25) is 0 Å². The molecule has 1 heterocycles. The third-order valence-corrected chi connectivity index (χ3v) is 3.76. The van der Waals surface area contributed by atoms with Crippen LogP contribution in [0.3, 0.4) is 0 Å². The van der Waals surface area contributed by atoms with Crippen molar-refractivity contribution in [3.8, 4) is 11.5 Å². The average molecular weight is 310 g/mol. The lowest BCUT2D eigenvalue weighted by atomic mass is 10.1. The van der Waals surface area contributed by atoms with Crippen molar-refractivity contribution in [2.45, 2.75) is 32.0 Å². The van der Waals surface area contributed by atoms with Crippen LogP contribution in [0.4, 0.5) is 10.1 Å². The molecule has 22 heavy (non-hydrogen) atoms. The molecule has 1 atom stereocenters. The number of rotatable bonds is 5. The Morgan fingerprint density at radius 2 is 1.86 bits per heavy atom. The Hall–Kier alpha value is -1.98. The van der Waals surface area contributed by atoms with E-state index in [9.17, 15) is 9.18 Å². The average Bonchev–Trinajstić information content (AvgIpc) is 2.94. The number of nitrogens with zero attached hydrogens (tertiary/aromatic N) is 1. The fraction of sp³-hybridized carbons (Fsp3) is 0.562. The first kappa shape index (κ1) is 16.4. The lowest BCUT2D eigenvalue weighted by Crippen LogP contribution is -2.45. The first-order valence-electron chi connectivity index (χ1n) is 7.31. The second-order valence-corrected chi connectivity index (χ2v) is 5.95. The largest absolute Gasteiger partial charge is 0.497 e. The molecule has 6 heteroatoms. The summed E-state index contributed by atoms with van der Waals surface area (Å²) in [4.78, 5) is 13.8. The van der Waals surface area contributed by atoms with Gasteiger partial charge in [0.05, 0.1) is 14.2 Å². The van der Waals surface area contributed by atoms with Crippen LogP contribution in [0.5, 0.6) is 11.5 Å². The fourth-order valence-corrected chi connectivity index (χ4v) is 2.44. The maximum atomic E-state index is 13.6. The highest BCUT2D eigenvalue weighted by Crippen LogP contribution is 2.30. The molecule has 0 aliphatic carbocycles. The van der Waals surface area contributed by atoms with Crippen LogP contribution in [0, 0.1) is 0 Å². The molecule has 0 unspecified atom stereocenters. The van der Waals surface area contributed by atoms with Gasteiger partial charge in [-0.3, -0.25) is 4.79 Å². The van der Waals surface area contributed by atoms with Gasteiger partial charge in [-0.1, -0.05) is 0 Å². The number of nitrogens with one attached hydrogen (secondary N) is 1. The summed E-state index contributed by atoms with van der Waals surface area (Å²) in [6.45, 7) is 3.95. The van der Waals surface area contributed by atoms with Crippen LogP contribution in [0.2, 0.25) is 0 Å². The summed E-state index contributed by atoms with van der Waals surface area (Å²) in [6.07, 6.45) is 0.779. The van der Waals surface area contributed by atoms with E-state index in [-0.39, 0.29) is 6.04 Å². The Balaban J connectivity index is 2.05. The van der Waals surface area contributed by atoms with E-state index in [0.29, 0.717) is 18.0 Å². The van der Waals surface area contributed by atoms with Crippen molar-refractivity contribution >= 4 is 11.6 Å². The zero-order chi connectivity index (χ0) is 16.3. The topological polar surface area (TPSA) is 50.8 Å². The minimum atomic E-state index is -1.85. The zero-order valence-electron chi connectivity index (χ0n) is 13.5.